The Hall–Kier alpha value is -4.31. The average molecular weight is 550 g/mol. The minimum Gasteiger partial charge on any atom is -0.497 e. The predicted molar refractivity (Wildman–Crippen MR) is 153 cm³/mol. The summed E-state index contributed by atoms with van der Waals surface area (Å²) in [7, 11) is 4.70. The maximum absolute atomic E-state index is 13.7. The second-order valence-electron chi connectivity index (χ2n) is 8.70. The van der Waals surface area contributed by atoms with E-state index in [9.17, 15) is 9.59 Å². The third-order valence-corrected chi connectivity index (χ3v) is 6.70. The SMILES string of the molecule is CCOc1ccc(NC(=O)CC2C(=O)N(c3ccc(OC)cc3)C(=S)N2Cc2ccc(OC)c(OC)c2)cc1. The first kappa shape index (κ1) is 27.7. The molecule has 0 radical (unpaired) electrons. The number of methoxy groups -OCH3 is 3. The van der Waals surface area contributed by atoms with Crippen molar-refractivity contribution in [1.29, 1.82) is 0 Å². The monoisotopic (exact) mass is 549 g/mol. The van der Waals surface area contributed by atoms with Gasteiger partial charge < -0.3 is 29.2 Å². The first-order valence-corrected chi connectivity index (χ1v) is 12.8. The lowest BCUT2D eigenvalue weighted by molar-refractivity contribution is -0.124. The van der Waals surface area contributed by atoms with Gasteiger partial charge in [0.2, 0.25) is 5.91 Å². The van der Waals surface area contributed by atoms with Crippen LogP contribution in [-0.2, 0) is 16.1 Å². The van der Waals surface area contributed by atoms with Crippen LogP contribution in [0.3, 0.4) is 0 Å². The van der Waals surface area contributed by atoms with E-state index in [1.54, 1.807) is 80.8 Å². The van der Waals surface area contributed by atoms with E-state index in [1.165, 1.54) is 4.90 Å². The molecule has 1 saturated heterocycles. The van der Waals surface area contributed by atoms with Crippen molar-refractivity contribution in [2.75, 3.05) is 38.2 Å². The average Bonchev–Trinajstić information content (AvgIpc) is 3.17. The number of carbonyl (C=O) groups is 2. The summed E-state index contributed by atoms with van der Waals surface area (Å²) >= 11 is 5.79. The molecule has 0 aromatic heterocycles. The number of ether oxygens (including phenoxy) is 4. The van der Waals surface area contributed by atoms with Gasteiger partial charge in [-0.05, 0) is 85.4 Å². The summed E-state index contributed by atoms with van der Waals surface area (Å²) in [6, 6.07) is 18.8. The van der Waals surface area contributed by atoms with Crippen LogP contribution in [0.4, 0.5) is 11.4 Å². The van der Waals surface area contributed by atoms with Gasteiger partial charge >= 0.3 is 0 Å². The number of nitrogens with one attached hydrogen (secondary N) is 1. The molecule has 3 aromatic rings. The Morgan fingerprint density at radius 3 is 2.18 bits per heavy atom. The molecule has 3 aromatic carbocycles. The van der Waals surface area contributed by atoms with Crippen molar-refractivity contribution in [3.8, 4) is 23.0 Å². The first-order chi connectivity index (χ1) is 18.9. The van der Waals surface area contributed by atoms with E-state index in [4.69, 9.17) is 31.2 Å². The van der Waals surface area contributed by atoms with Crippen molar-refractivity contribution in [2.45, 2.75) is 25.9 Å². The van der Waals surface area contributed by atoms with Crippen LogP contribution < -0.4 is 29.2 Å². The normalized spacial score (nSPS) is 14.8. The van der Waals surface area contributed by atoms with Crippen LogP contribution in [0.15, 0.2) is 66.7 Å². The Morgan fingerprint density at radius 2 is 1.56 bits per heavy atom. The summed E-state index contributed by atoms with van der Waals surface area (Å²) in [5.41, 5.74) is 2.05. The molecule has 39 heavy (non-hydrogen) atoms. The number of hydrogen-bond acceptors (Lipinski definition) is 7. The molecular weight excluding hydrogens is 518 g/mol. The molecule has 1 aliphatic rings. The van der Waals surface area contributed by atoms with E-state index in [2.05, 4.69) is 5.32 Å². The number of rotatable bonds is 11. The summed E-state index contributed by atoms with van der Waals surface area (Å²) in [5.74, 6) is 1.92. The third-order valence-electron chi connectivity index (χ3n) is 6.28. The Kier molecular flexibility index (Phi) is 8.88. The van der Waals surface area contributed by atoms with E-state index < -0.39 is 6.04 Å². The number of hydrogen-bond donors (Lipinski definition) is 1. The molecule has 0 spiro atoms. The molecule has 2 amide bonds. The number of anilines is 2. The fourth-order valence-corrected chi connectivity index (χ4v) is 4.73. The van der Waals surface area contributed by atoms with Gasteiger partial charge in [0.05, 0.1) is 40.0 Å². The molecule has 1 heterocycles. The second-order valence-corrected chi connectivity index (χ2v) is 9.06. The number of benzene rings is 3. The molecule has 0 bridgehead atoms. The Bertz CT molecular complexity index is 1330. The van der Waals surface area contributed by atoms with Gasteiger partial charge in [-0.15, -0.1) is 0 Å². The topological polar surface area (TPSA) is 89.6 Å². The van der Waals surface area contributed by atoms with Crippen LogP contribution in [0.2, 0.25) is 0 Å². The summed E-state index contributed by atoms with van der Waals surface area (Å²) in [5, 5.41) is 3.18. The highest BCUT2D eigenvalue weighted by Gasteiger charge is 2.44. The Balaban J connectivity index is 1.59. The lowest BCUT2D eigenvalue weighted by atomic mass is 10.1. The van der Waals surface area contributed by atoms with Crippen LogP contribution in [-0.4, -0.2) is 55.8 Å². The van der Waals surface area contributed by atoms with Crippen molar-refractivity contribution >= 4 is 40.5 Å². The zero-order valence-corrected chi connectivity index (χ0v) is 23.1. The fourth-order valence-electron chi connectivity index (χ4n) is 4.35. The van der Waals surface area contributed by atoms with Crippen LogP contribution in [0.5, 0.6) is 23.0 Å². The van der Waals surface area contributed by atoms with E-state index >= 15 is 0 Å². The van der Waals surface area contributed by atoms with Crippen molar-refractivity contribution in [1.82, 2.24) is 4.90 Å². The Morgan fingerprint density at radius 1 is 0.897 bits per heavy atom. The third kappa shape index (κ3) is 6.23. The van der Waals surface area contributed by atoms with Crippen molar-refractivity contribution in [3.05, 3.63) is 72.3 Å². The second kappa shape index (κ2) is 12.5. The molecule has 1 N–H and O–H groups in total. The first-order valence-electron chi connectivity index (χ1n) is 12.4. The summed E-state index contributed by atoms with van der Waals surface area (Å²) < 4.78 is 21.5. The summed E-state index contributed by atoms with van der Waals surface area (Å²) in [4.78, 5) is 30.1. The minimum absolute atomic E-state index is 0.0911. The molecule has 1 unspecified atom stereocenters. The van der Waals surface area contributed by atoms with E-state index in [1.807, 2.05) is 19.1 Å². The van der Waals surface area contributed by atoms with Gasteiger partial charge in [0, 0.05) is 12.2 Å². The smallest absolute Gasteiger partial charge is 0.256 e. The van der Waals surface area contributed by atoms with Gasteiger partial charge in [-0.3, -0.25) is 14.5 Å². The van der Waals surface area contributed by atoms with Crippen molar-refractivity contribution in [2.24, 2.45) is 0 Å². The molecule has 1 fully saturated rings. The van der Waals surface area contributed by atoms with Gasteiger partial charge in [-0.2, -0.15) is 0 Å². The largest absolute Gasteiger partial charge is 0.497 e. The van der Waals surface area contributed by atoms with Crippen LogP contribution >= 0.6 is 12.2 Å². The molecule has 0 aliphatic carbocycles. The van der Waals surface area contributed by atoms with Crippen LogP contribution in [0.25, 0.3) is 0 Å². The van der Waals surface area contributed by atoms with Gasteiger partial charge in [0.1, 0.15) is 17.5 Å². The highest BCUT2D eigenvalue weighted by Crippen LogP contribution is 2.32. The predicted octanol–water partition coefficient (Wildman–Crippen LogP) is 4.64. The molecule has 0 saturated carbocycles. The lowest BCUT2D eigenvalue weighted by Gasteiger charge is -2.24. The van der Waals surface area contributed by atoms with Gasteiger partial charge in [-0.25, -0.2) is 0 Å². The van der Waals surface area contributed by atoms with E-state index in [-0.39, 0.29) is 18.2 Å². The molecule has 1 atom stereocenters. The molecule has 10 heteroatoms. The maximum atomic E-state index is 13.7. The molecular formula is C29H31N3O6S. The highest BCUT2D eigenvalue weighted by atomic mass is 32.1. The van der Waals surface area contributed by atoms with Crippen molar-refractivity contribution < 1.29 is 28.5 Å². The molecule has 9 nitrogen and oxygen atoms in total. The molecule has 204 valence electrons. The lowest BCUT2D eigenvalue weighted by Crippen LogP contribution is -2.37. The van der Waals surface area contributed by atoms with Gasteiger partial charge in [0.25, 0.3) is 5.91 Å². The molecule has 1 aliphatic heterocycles. The Labute approximate surface area is 233 Å². The number of nitrogens with zero attached hydrogens (tertiary/aromatic N) is 2. The summed E-state index contributed by atoms with van der Waals surface area (Å²) in [6.07, 6.45) is -0.0911. The van der Waals surface area contributed by atoms with Crippen molar-refractivity contribution in [3.63, 3.8) is 0 Å². The number of amides is 2. The van der Waals surface area contributed by atoms with E-state index in [0.717, 1.165) is 5.56 Å². The molecule has 4 rings (SSSR count). The number of thiocarbonyl (C=S) groups is 1. The number of carbonyl (C=O) groups excluding carboxylic acids is 2. The van der Waals surface area contributed by atoms with Crippen LogP contribution in [0.1, 0.15) is 18.9 Å². The minimum atomic E-state index is -0.810. The van der Waals surface area contributed by atoms with E-state index in [0.29, 0.717) is 52.6 Å². The highest BCUT2D eigenvalue weighted by molar-refractivity contribution is 7.80. The summed E-state index contributed by atoms with van der Waals surface area (Å²) in [6.45, 7) is 2.75. The standard InChI is InChI=1S/C29H31N3O6S/c1-5-38-23-11-7-20(8-12-23)30-27(33)17-24-28(34)32(21-9-13-22(35-2)14-10-21)29(39)31(24)18-19-6-15-25(36-3)26(16-19)37-4/h6-16,24H,5,17-18H2,1-4H3,(H,30,33). The maximum Gasteiger partial charge on any atom is 0.256 e. The zero-order chi connectivity index (χ0) is 27.9. The quantitative estimate of drug-likeness (QED) is 0.346. The van der Waals surface area contributed by atoms with Crippen LogP contribution in [0, 0.1) is 0 Å². The van der Waals surface area contributed by atoms with Gasteiger partial charge in [0.15, 0.2) is 16.6 Å². The van der Waals surface area contributed by atoms with Gasteiger partial charge in [-0.1, -0.05) is 6.07 Å². The zero-order valence-electron chi connectivity index (χ0n) is 22.3. The fraction of sp³-hybridized carbons (Fsp3) is 0.276.